The zero-order valence-electron chi connectivity index (χ0n) is 16.3. The van der Waals surface area contributed by atoms with Gasteiger partial charge in [0, 0.05) is 23.0 Å². The molecule has 1 aliphatic carbocycles. The van der Waals surface area contributed by atoms with Gasteiger partial charge in [-0.3, -0.25) is 0 Å². The van der Waals surface area contributed by atoms with Crippen molar-refractivity contribution in [1.29, 1.82) is 0 Å². The summed E-state index contributed by atoms with van der Waals surface area (Å²) in [6.45, 7) is 0.689. The Morgan fingerprint density at radius 3 is 2.37 bits per heavy atom. The lowest BCUT2D eigenvalue weighted by Crippen LogP contribution is -2.26. The van der Waals surface area contributed by atoms with Crippen molar-refractivity contribution in [3.05, 3.63) is 100 Å². The Morgan fingerprint density at radius 1 is 1.03 bits per heavy atom. The zero-order valence-corrected chi connectivity index (χ0v) is 17.0. The molecule has 0 spiro atoms. The van der Waals surface area contributed by atoms with Crippen LogP contribution in [0.4, 0.5) is 9.18 Å². The first-order valence-corrected chi connectivity index (χ1v) is 10.2. The van der Waals surface area contributed by atoms with Crippen LogP contribution in [0.5, 0.6) is 0 Å². The number of fused-ring (bicyclic) bond motifs is 3. The van der Waals surface area contributed by atoms with E-state index in [1.807, 2.05) is 24.3 Å². The van der Waals surface area contributed by atoms with Crippen molar-refractivity contribution >= 4 is 23.8 Å². The van der Waals surface area contributed by atoms with Crippen molar-refractivity contribution in [3.8, 4) is 11.1 Å². The summed E-state index contributed by atoms with van der Waals surface area (Å²) in [4.78, 5) is 12.1. The normalized spacial score (nSPS) is 12.6. The average Bonchev–Trinajstić information content (AvgIpc) is 3.07. The van der Waals surface area contributed by atoms with E-state index in [-0.39, 0.29) is 18.3 Å². The van der Waals surface area contributed by atoms with Crippen LogP contribution in [-0.4, -0.2) is 19.2 Å². The topological polar surface area (TPSA) is 38.3 Å². The second-order valence-electron chi connectivity index (χ2n) is 7.11. The Balaban J connectivity index is 1.28. The van der Waals surface area contributed by atoms with Gasteiger partial charge in [0.15, 0.2) is 0 Å². The standard InChI is InChI=1S/C25H21ClFNO2/c26-18-13-12-17(24(27)15-18)7-5-6-14-28-25(29)30-16-23-21-10-3-1-8-19(21)20-9-2-4-11-22(20)23/h1-5,7-13,15,23H,6,14,16H2,(H,28,29). The van der Waals surface area contributed by atoms with Gasteiger partial charge in [-0.05, 0) is 40.8 Å². The molecule has 0 radical (unpaired) electrons. The maximum atomic E-state index is 13.7. The van der Waals surface area contributed by atoms with Gasteiger partial charge in [-0.15, -0.1) is 0 Å². The molecule has 0 saturated heterocycles. The summed E-state index contributed by atoms with van der Waals surface area (Å²) in [5.41, 5.74) is 5.21. The second-order valence-corrected chi connectivity index (χ2v) is 7.55. The van der Waals surface area contributed by atoms with Crippen LogP contribution < -0.4 is 5.32 Å². The minimum atomic E-state index is -0.456. The molecule has 5 heteroatoms. The highest BCUT2D eigenvalue weighted by Gasteiger charge is 2.28. The summed E-state index contributed by atoms with van der Waals surface area (Å²) < 4.78 is 19.2. The van der Waals surface area contributed by atoms with Crippen LogP contribution in [-0.2, 0) is 4.74 Å². The van der Waals surface area contributed by atoms with E-state index in [1.165, 1.54) is 28.3 Å². The molecule has 152 valence electrons. The van der Waals surface area contributed by atoms with Gasteiger partial charge in [0.05, 0.1) is 0 Å². The molecular weight excluding hydrogens is 401 g/mol. The van der Waals surface area contributed by atoms with Crippen LogP contribution in [0, 0.1) is 5.82 Å². The van der Waals surface area contributed by atoms with Crippen molar-refractivity contribution in [1.82, 2.24) is 5.32 Å². The summed E-state index contributed by atoms with van der Waals surface area (Å²) in [5.74, 6) is -0.334. The first kappa shape index (κ1) is 20.2. The molecule has 3 aromatic rings. The summed E-state index contributed by atoms with van der Waals surface area (Å²) in [6, 6.07) is 21.0. The van der Waals surface area contributed by atoms with Crippen LogP contribution in [0.1, 0.15) is 29.0 Å². The maximum Gasteiger partial charge on any atom is 0.407 e. The minimum Gasteiger partial charge on any atom is -0.449 e. The SMILES string of the molecule is O=C(NCCC=Cc1ccc(Cl)cc1F)OCC1c2ccccc2-c2ccccc21. The van der Waals surface area contributed by atoms with Crippen molar-refractivity contribution in [2.45, 2.75) is 12.3 Å². The van der Waals surface area contributed by atoms with Gasteiger partial charge in [-0.25, -0.2) is 9.18 Å². The number of carbonyl (C=O) groups is 1. The van der Waals surface area contributed by atoms with Gasteiger partial charge in [-0.1, -0.05) is 78.4 Å². The van der Waals surface area contributed by atoms with E-state index >= 15 is 0 Å². The number of alkyl carbamates (subject to hydrolysis) is 1. The van der Waals surface area contributed by atoms with Crippen LogP contribution in [0.25, 0.3) is 17.2 Å². The summed E-state index contributed by atoms with van der Waals surface area (Å²) >= 11 is 5.74. The summed E-state index contributed by atoms with van der Waals surface area (Å²) in [7, 11) is 0. The van der Waals surface area contributed by atoms with E-state index < -0.39 is 6.09 Å². The van der Waals surface area contributed by atoms with Crippen molar-refractivity contribution in [3.63, 3.8) is 0 Å². The quantitative estimate of drug-likeness (QED) is 0.466. The molecule has 0 saturated carbocycles. The number of benzene rings is 3. The Bertz CT molecular complexity index is 1050. The fourth-order valence-corrected chi connectivity index (χ4v) is 3.91. The predicted molar refractivity (Wildman–Crippen MR) is 118 cm³/mol. The Morgan fingerprint density at radius 2 is 1.70 bits per heavy atom. The molecule has 0 unspecified atom stereocenters. The van der Waals surface area contributed by atoms with Crippen molar-refractivity contribution < 1.29 is 13.9 Å². The fourth-order valence-electron chi connectivity index (χ4n) is 3.75. The molecule has 1 N–H and O–H groups in total. The number of rotatable bonds is 6. The van der Waals surface area contributed by atoms with Gasteiger partial charge in [0.1, 0.15) is 12.4 Å². The molecule has 1 aliphatic rings. The third kappa shape index (κ3) is 4.39. The van der Waals surface area contributed by atoms with E-state index in [4.69, 9.17) is 16.3 Å². The third-order valence-electron chi connectivity index (χ3n) is 5.18. The molecule has 30 heavy (non-hydrogen) atoms. The van der Waals surface area contributed by atoms with E-state index in [0.717, 1.165) is 0 Å². The smallest absolute Gasteiger partial charge is 0.407 e. The van der Waals surface area contributed by atoms with Crippen LogP contribution in [0.15, 0.2) is 72.8 Å². The summed E-state index contributed by atoms with van der Waals surface area (Å²) in [5, 5.41) is 3.10. The summed E-state index contributed by atoms with van der Waals surface area (Å²) in [6.07, 6.45) is 3.58. The first-order chi connectivity index (χ1) is 14.6. The molecule has 0 aliphatic heterocycles. The van der Waals surface area contributed by atoms with E-state index in [2.05, 4.69) is 29.6 Å². The molecule has 0 bridgehead atoms. The number of hydrogen-bond donors (Lipinski definition) is 1. The lowest BCUT2D eigenvalue weighted by molar-refractivity contribution is 0.143. The Hall–Kier alpha value is -3.11. The van der Waals surface area contributed by atoms with E-state index in [1.54, 1.807) is 24.3 Å². The highest BCUT2D eigenvalue weighted by Crippen LogP contribution is 2.44. The Kier molecular flexibility index (Phi) is 6.15. The Labute approximate surface area is 180 Å². The molecular formula is C25H21ClFNO2. The number of nitrogens with one attached hydrogen (secondary N) is 1. The van der Waals surface area contributed by atoms with E-state index in [9.17, 15) is 9.18 Å². The monoisotopic (exact) mass is 421 g/mol. The first-order valence-electron chi connectivity index (χ1n) is 9.84. The third-order valence-corrected chi connectivity index (χ3v) is 5.42. The minimum absolute atomic E-state index is 0.0379. The molecule has 3 nitrogen and oxygen atoms in total. The van der Waals surface area contributed by atoms with Crippen molar-refractivity contribution in [2.24, 2.45) is 0 Å². The van der Waals surface area contributed by atoms with E-state index in [0.29, 0.717) is 23.6 Å². The lowest BCUT2D eigenvalue weighted by atomic mass is 9.98. The lowest BCUT2D eigenvalue weighted by Gasteiger charge is -2.14. The number of carbonyl (C=O) groups excluding carboxylic acids is 1. The number of halogens is 2. The van der Waals surface area contributed by atoms with Gasteiger partial charge in [0.2, 0.25) is 0 Å². The average molecular weight is 422 g/mol. The number of hydrogen-bond acceptors (Lipinski definition) is 2. The zero-order chi connectivity index (χ0) is 20.9. The number of amides is 1. The highest BCUT2D eigenvalue weighted by atomic mass is 35.5. The highest BCUT2D eigenvalue weighted by molar-refractivity contribution is 6.30. The molecule has 0 fully saturated rings. The molecule has 4 rings (SSSR count). The van der Waals surface area contributed by atoms with Crippen LogP contribution in [0.3, 0.4) is 0 Å². The van der Waals surface area contributed by atoms with Gasteiger partial charge >= 0.3 is 6.09 Å². The molecule has 0 aromatic heterocycles. The second kappa shape index (κ2) is 9.14. The molecule has 1 amide bonds. The molecule has 0 atom stereocenters. The fraction of sp³-hybridized carbons (Fsp3) is 0.160. The largest absolute Gasteiger partial charge is 0.449 e. The van der Waals surface area contributed by atoms with Gasteiger partial charge in [0.25, 0.3) is 0 Å². The molecule has 3 aromatic carbocycles. The van der Waals surface area contributed by atoms with Gasteiger partial charge < -0.3 is 10.1 Å². The van der Waals surface area contributed by atoms with Crippen molar-refractivity contribution in [2.75, 3.05) is 13.2 Å². The molecule has 0 heterocycles. The maximum absolute atomic E-state index is 13.7. The van der Waals surface area contributed by atoms with Crippen LogP contribution >= 0.6 is 11.6 Å². The van der Waals surface area contributed by atoms with Crippen LogP contribution in [0.2, 0.25) is 5.02 Å². The predicted octanol–water partition coefficient (Wildman–Crippen LogP) is 6.42. The number of ether oxygens (including phenoxy) is 1. The van der Waals surface area contributed by atoms with Gasteiger partial charge in [-0.2, -0.15) is 0 Å².